The van der Waals surface area contributed by atoms with E-state index >= 15 is 0 Å². The molecule has 0 radical (unpaired) electrons. The number of ether oxygens (including phenoxy) is 1. The molecule has 1 fully saturated rings. The number of amides is 1. The molecule has 39 heavy (non-hydrogen) atoms. The van der Waals surface area contributed by atoms with Gasteiger partial charge in [0.05, 0.1) is 34.9 Å². The maximum Gasteiger partial charge on any atom is 0.416 e. The van der Waals surface area contributed by atoms with Crippen LogP contribution in [0.4, 0.5) is 13.2 Å². The second kappa shape index (κ2) is 12.3. The first-order valence-electron chi connectivity index (χ1n) is 11.7. The molecule has 1 saturated heterocycles. The molecule has 0 bridgehead atoms. The van der Waals surface area contributed by atoms with E-state index < -0.39 is 23.3 Å². The number of morpholine rings is 1. The second-order valence-electron chi connectivity index (χ2n) is 8.61. The fourth-order valence-corrected chi connectivity index (χ4v) is 5.09. The molecule has 204 valence electrons. The van der Waals surface area contributed by atoms with Gasteiger partial charge < -0.3 is 14.2 Å². The van der Waals surface area contributed by atoms with Crippen LogP contribution >= 0.6 is 23.2 Å². The van der Waals surface area contributed by atoms with E-state index in [1.165, 1.54) is 6.07 Å². The number of fused-ring (bicyclic) bond motifs is 1. The summed E-state index contributed by atoms with van der Waals surface area (Å²) in [7, 11) is 0. The summed E-state index contributed by atoms with van der Waals surface area (Å²) in [5.74, 6) is -0.209. The highest BCUT2D eigenvalue weighted by atomic mass is 35.5. The summed E-state index contributed by atoms with van der Waals surface area (Å²) in [5.41, 5.74) is 2.25. The lowest BCUT2D eigenvalue weighted by molar-refractivity contribution is -0.137. The summed E-state index contributed by atoms with van der Waals surface area (Å²) in [5, 5.41) is 1.05. The highest BCUT2D eigenvalue weighted by Gasteiger charge is 2.31. The van der Waals surface area contributed by atoms with Gasteiger partial charge in [-0.3, -0.25) is 4.79 Å². The number of carbonyl (C=O) groups excluding carboxylic acids is 1. The maximum atomic E-state index is 13.4. The van der Waals surface area contributed by atoms with Crippen molar-refractivity contribution in [2.45, 2.75) is 12.6 Å². The van der Waals surface area contributed by atoms with E-state index in [2.05, 4.69) is 0 Å². The number of hydrogen-bond donors (Lipinski definition) is 0. The summed E-state index contributed by atoms with van der Waals surface area (Å²) in [6.45, 7) is 1.86. The number of alkyl halides is 3. The van der Waals surface area contributed by atoms with Crippen LogP contribution in [0.5, 0.6) is 0 Å². The maximum absolute atomic E-state index is 13.4. The quantitative estimate of drug-likeness (QED) is 0.275. The van der Waals surface area contributed by atoms with Gasteiger partial charge in [0.2, 0.25) is 0 Å². The van der Waals surface area contributed by atoms with E-state index in [0.717, 1.165) is 17.8 Å². The van der Waals surface area contributed by atoms with Crippen LogP contribution in [0.25, 0.3) is 16.6 Å². The van der Waals surface area contributed by atoms with Crippen molar-refractivity contribution in [3.63, 3.8) is 0 Å². The van der Waals surface area contributed by atoms with Gasteiger partial charge in [0, 0.05) is 41.3 Å². The van der Waals surface area contributed by atoms with Crippen LogP contribution in [-0.2, 0) is 28.9 Å². The van der Waals surface area contributed by atoms with Gasteiger partial charge in [0.25, 0.3) is 5.91 Å². The van der Waals surface area contributed by atoms with Crippen LogP contribution in [0.1, 0.15) is 27.2 Å². The molecule has 12 heteroatoms. The minimum atomic E-state index is -4.45. The zero-order valence-electron chi connectivity index (χ0n) is 20.2. The van der Waals surface area contributed by atoms with E-state index in [1.54, 1.807) is 23.1 Å². The van der Waals surface area contributed by atoms with Crippen LogP contribution in [-0.4, -0.2) is 50.1 Å². The Balaban J connectivity index is 0.00000112. The lowest BCUT2D eigenvalue weighted by Crippen LogP contribution is -2.40. The Morgan fingerprint density at radius 2 is 1.62 bits per heavy atom. The Kier molecular flexibility index (Phi) is 9.12. The summed E-state index contributed by atoms with van der Waals surface area (Å²) in [6.07, 6.45) is -4.24. The Morgan fingerprint density at radius 3 is 2.26 bits per heavy atom. The largest absolute Gasteiger partial charge is 0.416 e. The molecule has 6 nitrogen and oxygen atoms in total. The van der Waals surface area contributed by atoms with Gasteiger partial charge in [0.15, 0.2) is 0 Å². The predicted octanol–water partition coefficient (Wildman–Crippen LogP) is 6.35. The van der Waals surface area contributed by atoms with E-state index in [1.807, 2.05) is 34.9 Å². The third-order valence-electron chi connectivity index (χ3n) is 6.29. The van der Waals surface area contributed by atoms with Crippen molar-refractivity contribution in [2.24, 2.45) is 0 Å². The Bertz CT molecular complexity index is 1530. The zero-order chi connectivity index (χ0) is 28.2. The molecule has 2 heterocycles. The molecule has 1 aliphatic rings. The third-order valence-corrected chi connectivity index (χ3v) is 7.08. The first-order valence-corrected chi connectivity index (χ1v) is 13.1. The normalized spacial score (nSPS) is 13.6. The molecule has 0 N–H and O–H groups in total. The van der Waals surface area contributed by atoms with Gasteiger partial charge in [-0.15, -0.1) is 0 Å². The molecule has 1 aromatic heterocycles. The molecule has 0 aliphatic carbocycles. The third kappa shape index (κ3) is 6.36. The van der Waals surface area contributed by atoms with Crippen LogP contribution in [0.15, 0.2) is 66.7 Å². The van der Waals surface area contributed by atoms with Crippen molar-refractivity contribution in [2.75, 3.05) is 26.3 Å². The van der Waals surface area contributed by atoms with Crippen molar-refractivity contribution in [3.05, 3.63) is 99.2 Å². The molecule has 0 spiro atoms. The average molecular weight is 597 g/mol. The predicted molar refractivity (Wildman–Crippen MR) is 143 cm³/mol. The highest BCUT2D eigenvalue weighted by molar-refractivity contribution is 7.51. The zero-order valence-corrected chi connectivity index (χ0v) is 22.5. The number of benzene rings is 3. The fraction of sp³-hybridized carbons (Fsp3) is 0.222. The van der Waals surface area contributed by atoms with Gasteiger partial charge in [-0.1, -0.05) is 41.4 Å². The monoisotopic (exact) mass is 596 g/mol. The molecule has 0 unspecified atom stereocenters. The van der Waals surface area contributed by atoms with Gasteiger partial charge >= 0.3 is 17.7 Å². The average Bonchev–Trinajstić information content (AvgIpc) is 3.29. The SMILES string of the molecule is O=C(c1ccc(Cl)c(Cc2cc3cc(C(F)(F)F)ccc3n2-c2ccccc2)c1Cl)N1CCOCC1.O=S=O. The van der Waals surface area contributed by atoms with Crippen molar-refractivity contribution < 1.29 is 31.1 Å². The summed E-state index contributed by atoms with van der Waals surface area (Å²) >= 11 is 12.5. The molecule has 1 aliphatic heterocycles. The van der Waals surface area contributed by atoms with Crippen molar-refractivity contribution in [1.29, 1.82) is 0 Å². The van der Waals surface area contributed by atoms with Crippen LogP contribution in [0, 0.1) is 0 Å². The van der Waals surface area contributed by atoms with Crippen molar-refractivity contribution in [3.8, 4) is 5.69 Å². The number of nitrogens with zero attached hydrogens (tertiary/aromatic N) is 2. The van der Waals surface area contributed by atoms with Crippen LogP contribution < -0.4 is 0 Å². The molecule has 0 atom stereocenters. The summed E-state index contributed by atoms with van der Waals surface area (Å²) < 4.78 is 64.0. The second-order valence-corrected chi connectivity index (χ2v) is 9.54. The number of halogens is 5. The highest BCUT2D eigenvalue weighted by Crippen LogP contribution is 2.36. The van der Waals surface area contributed by atoms with Gasteiger partial charge in [-0.25, -0.2) is 0 Å². The van der Waals surface area contributed by atoms with Crippen LogP contribution in [0.3, 0.4) is 0 Å². The minimum Gasteiger partial charge on any atom is -0.378 e. The van der Waals surface area contributed by atoms with Gasteiger partial charge in [-0.05, 0) is 54.1 Å². The smallest absolute Gasteiger partial charge is 0.378 e. The van der Waals surface area contributed by atoms with E-state index in [9.17, 15) is 18.0 Å². The molecule has 3 aromatic carbocycles. The van der Waals surface area contributed by atoms with E-state index in [4.69, 9.17) is 36.4 Å². The Hall–Kier alpha value is -3.18. The number of carbonyl (C=O) groups is 1. The molecular weight excluding hydrogens is 576 g/mol. The van der Waals surface area contributed by atoms with Crippen molar-refractivity contribution >= 4 is 51.6 Å². The van der Waals surface area contributed by atoms with E-state index in [0.29, 0.717) is 59.0 Å². The van der Waals surface area contributed by atoms with Gasteiger partial charge in [0.1, 0.15) is 0 Å². The topological polar surface area (TPSA) is 68.6 Å². The molecular formula is C27H21Cl2F3N2O4S. The first kappa shape index (κ1) is 28.8. The molecule has 4 aromatic rings. The van der Waals surface area contributed by atoms with E-state index in [-0.39, 0.29) is 17.4 Å². The minimum absolute atomic E-state index is 0.209. The Morgan fingerprint density at radius 1 is 0.949 bits per heavy atom. The Labute approximate surface area is 235 Å². The number of aromatic nitrogens is 1. The first-order chi connectivity index (χ1) is 18.7. The number of para-hydroxylation sites is 1. The van der Waals surface area contributed by atoms with Crippen LogP contribution in [0.2, 0.25) is 10.0 Å². The summed E-state index contributed by atoms with van der Waals surface area (Å²) in [6, 6.07) is 18.0. The lowest BCUT2D eigenvalue weighted by atomic mass is 10.0. The van der Waals surface area contributed by atoms with Gasteiger partial charge in [-0.2, -0.15) is 21.6 Å². The lowest BCUT2D eigenvalue weighted by Gasteiger charge is -2.27. The van der Waals surface area contributed by atoms with Crippen molar-refractivity contribution in [1.82, 2.24) is 9.47 Å². The number of rotatable bonds is 4. The molecule has 5 rings (SSSR count). The molecule has 0 saturated carbocycles. The summed E-state index contributed by atoms with van der Waals surface area (Å²) in [4.78, 5) is 14.8. The fourth-order valence-electron chi connectivity index (χ4n) is 4.50. The standard InChI is InChI=1S/C27H21Cl2F3N2O2.O2S/c28-23-8-7-21(26(35)33-10-12-36-13-11-33)25(29)22(23)16-20-15-17-14-18(27(30,31)32)6-9-24(17)34(20)19-4-2-1-3-5-19;1-3-2/h1-9,14-15H,10-13,16H2;. The number of hydrogen-bond acceptors (Lipinski definition) is 4. The molecule has 1 amide bonds.